The molecule has 0 amide bonds. The van der Waals surface area contributed by atoms with Crippen molar-refractivity contribution in [1.29, 1.82) is 0 Å². The predicted molar refractivity (Wildman–Crippen MR) is 101 cm³/mol. The summed E-state index contributed by atoms with van der Waals surface area (Å²) in [5.74, 6) is 0.499. The van der Waals surface area contributed by atoms with E-state index in [9.17, 15) is 8.78 Å². The van der Waals surface area contributed by atoms with Gasteiger partial charge in [-0.3, -0.25) is 0 Å². The van der Waals surface area contributed by atoms with Crippen LogP contribution in [0.4, 0.5) is 8.78 Å². The molecule has 2 heteroatoms. The molecule has 25 heavy (non-hydrogen) atoms. The minimum atomic E-state index is -0.527. The molecular weight excluding hydrogens is 314 g/mol. The highest BCUT2D eigenvalue weighted by Gasteiger charge is 2.22. The van der Waals surface area contributed by atoms with Crippen LogP contribution in [0.2, 0.25) is 0 Å². The molecule has 2 aromatic rings. The Bertz CT molecular complexity index is 647. The first-order valence-corrected chi connectivity index (χ1v) is 9.72. The third-order valence-corrected chi connectivity index (χ3v) is 5.64. The molecule has 0 bridgehead atoms. The maximum atomic E-state index is 13.4. The second-order valence-corrected chi connectivity index (χ2v) is 7.49. The Morgan fingerprint density at radius 2 is 1.44 bits per heavy atom. The maximum absolute atomic E-state index is 13.4. The molecule has 0 unspecified atom stereocenters. The molecule has 0 aromatic heterocycles. The van der Waals surface area contributed by atoms with E-state index in [1.165, 1.54) is 69.1 Å². The first-order valence-electron chi connectivity index (χ1n) is 9.72. The van der Waals surface area contributed by atoms with E-state index in [4.69, 9.17) is 0 Å². The van der Waals surface area contributed by atoms with E-state index in [0.29, 0.717) is 11.5 Å². The Morgan fingerprint density at radius 1 is 0.800 bits per heavy atom. The normalized spacial score (nSPS) is 20.6. The van der Waals surface area contributed by atoms with Gasteiger partial charge in [0, 0.05) is 6.07 Å². The fourth-order valence-corrected chi connectivity index (χ4v) is 4.14. The van der Waals surface area contributed by atoms with Crippen molar-refractivity contribution in [2.24, 2.45) is 5.92 Å². The largest absolute Gasteiger partial charge is 0.207 e. The molecule has 0 radical (unpaired) electrons. The van der Waals surface area contributed by atoms with Crippen molar-refractivity contribution < 1.29 is 8.78 Å². The van der Waals surface area contributed by atoms with Crippen LogP contribution in [0, 0.1) is 17.6 Å². The lowest BCUT2D eigenvalue weighted by atomic mass is 9.77. The number of unbranched alkanes of at least 4 members (excludes halogenated alkanes) is 2. The molecule has 0 saturated heterocycles. The number of benzene rings is 2. The van der Waals surface area contributed by atoms with Gasteiger partial charge in [-0.1, -0.05) is 56.9 Å². The summed E-state index contributed by atoms with van der Waals surface area (Å²) in [7, 11) is 0. The second kappa shape index (κ2) is 8.60. The van der Waals surface area contributed by atoms with Crippen molar-refractivity contribution in [3.63, 3.8) is 0 Å². The lowest BCUT2D eigenvalue weighted by molar-refractivity contribution is 0.303. The van der Waals surface area contributed by atoms with Crippen LogP contribution in [0.1, 0.15) is 69.8 Å². The van der Waals surface area contributed by atoms with Crippen LogP contribution in [0.3, 0.4) is 0 Å². The summed E-state index contributed by atoms with van der Waals surface area (Å²) in [6.07, 6.45) is 10.7. The Hall–Kier alpha value is -1.70. The molecule has 3 rings (SSSR count). The van der Waals surface area contributed by atoms with Crippen LogP contribution in [-0.4, -0.2) is 0 Å². The third-order valence-electron chi connectivity index (χ3n) is 5.64. The highest BCUT2D eigenvalue weighted by Crippen LogP contribution is 2.38. The Kier molecular flexibility index (Phi) is 6.23. The summed E-state index contributed by atoms with van der Waals surface area (Å²) in [6, 6.07) is 12.0. The van der Waals surface area contributed by atoms with Gasteiger partial charge in [-0.05, 0) is 66.3 Å². The zero-order valence-corrected chi connectivity index (χ0v) is 15.1. The zero-order valence-electron chi connectivity index (χ0n) is 15.1. The van der Waals surface area contributed by atoms with Crippen LogP contribution in [-0.2, 0) is 0 Å². The topological polar surface area (TPSA) is 0 Å². The smallest absolute Gasteiger partial charge is 0.126 e. The number of halogens is 2. The molecular formula is C23H28F2. The first kappa shape index (κ1) is 18.1. The highest BCUT2D eigenvalue weighted by molar-refractivity contribution is 5.63. The van der Waals surface area contributed by atoms with Gasteiger partial charge in [0.15, 0.2) is 0 Å². The second-order valence-electron chi connectivity index (χ2n) is 7.49. The van der Waals surface area contributed by atoms with Crippen LogP contribution in [0.15, 0.2) is 42.5 Å². The molecule has 0 aliphatic heterocycles. The van der Waals surface area contributed by atoms with E-state index in [0.717, 1.165) is 17.5 Å². The molecule has 0 N–H and O–H groups in total. The van der Waals surface area contributed by atoms with Gasteiger partial charge in [0.1, 0.15) is 11.6 Å². The molecule has 2 aromatic carbocycles. The fraction of sp³-hybridized carbons (Fsp3) is 0.478. The minimum absolute atomic E-state index is 0.527. The van der Waals surface area contributed by atoms with Gasteiger partial charge in [-0.15, -0.1) is 0 Å². The summed E-state index contributed by atoms with van der Waals surface area (Å²) < 4.78 is 26.8. The lowest BCUT2D eigenvalue weighted by Gasteiger charge is -2.29. The van der Waals surface area contributed by atoms with Crippen molar-refractivity contribution >= 4 is 0 Å². The third kappa shape index (κ3) is 4.90. The summed E-state index contributed by atoms with van der Waals surface area (Å²) in [6.45, 7) is 2.26. The molecule has 0 heterocycles. The number of rotatable bonds is 6. The van der Waals surface area contributed by atoms with Gasteiger partial charge >= 0.3 is 0 Å². The summed E-state index contributed by atoms with van der Waals surface area (Å²) in [5.41, 5.74) is 2.84. The molecule has 134 valence electrons. The van der Waals surface area contributed by atoms with Crippen molar-refractivity contribution in [1.82, 2.24) is 0 Å². The van der Waals surface area contributed by atoms with Crippen LogP contribution >= 0.6 is 0 Å². The predicted octanol–water partition coefficient (Wildman–Crippen LogP) is 7.49. The lowest BCUT2D eigenvalue weighted by Crippen LogP contribution is -2.13. The Morgan fingerprint density at radius 3 is 2.04 bits per heavy atom. The van der Waals surface area contributed by atoms with Gasteiger partial charge in [0.05, 0.1) is 0 Å². The van der Waals surface area contributed by atoms with Crippen LogP contribution in [0.25, 0.3) is 11.1 Å². The Balaban J connectivity index is 1.60. The number of hydrogen-bond acceptors (Lipinski definition) is 0. The maximum Gasteiger partial charge on any atom is 0.126 e. The number of hydrogen-bond donors (Lipinski definition) is 0. The monoisotopic (exact) mass is 342 g/mol. The van der Waals surface area contributed by atoms with Crippen molar-refractivity contribution in [3.8, 4) is 11.1 Å². The Labute approximate surface area is 150 Å². The molecule has 0 atom stereocenters. The van der Waals surface area contributed by atoms with E-state index in [2.05, 4.69) is 19.1 Å². The highest BCUT2D eigenvalue weighted by atomic mass is 19.1. The van der Waals surface area contributed by atoms with E-state index >= 15 is 0 Å². The fourth-order valence-electron chi connectivity index (χ4n) is 4.14. The van der Waals surface area contributed by atoms with E-state index in [1.807, 2.05) is 12.1 Å². The van der Waals surface area contributed by atoms with E-state index < -0.39 is 11.6 Å². The van der Waals surface area contributed by atoms with Gasteiger partial charge < -0.3 is 0 Å². The molecule has 1 fully saturated rings. The molecule has 1 aliphatic carbocycles. The SMILES string of the molecule is CCCCCC1CCC(c2ccc(-c3cc(F)cc(F)c3)cc2)CC1. The van der Waals surface area contributed by atoms with Crippen molar-refractivity contribution in [2.75, 3.05) is 0 Å². The summed E-state index contributed by atoms with van der Waals surface area (Å²) >= 11 is 0. The minimum Gasteiger partial charge on any atom is -0.207 e. The van der Waals surface area contributed by atoms with Gasteiger partial charge in [-0.25, -0.2) is 8.78 Å². The average Bonchev–Trinajstić information content (AvgIpc) is 2.62. The molecule has 1 saturated carbocycles. The summed E-state index contributed by atoms with van der Waals surface area (Å²) in [5, 5.41) is 0. The molecule has 0 nitrogen and oxygen atoms in total. The zero-order chi connectivity index (χ0) is 17.6. The van der Waals surface area contributed by atoms with Gasteiger partial charge in [-0.2, -0.15) is 0 Å². The molecule has 1 aliphatic rings. The van der Waals surface area contributed by atoms with Gasteiger partial charge in [0.2, 0.25) is 0 Å². The van der Waals surface area contributed by atoms with E-state index in [-0.39, 0.29) is 0 Å². The van der Waals surface area contributed by atoms with Crippen molar-refractivity contribution in [3.05, 3.63) is 59.7 Å². The van der Waals surface area contributed by atoms with Crippen LogP contribution < -0.4 is 0 Å². The average molecular weight is 342 g/mol. The van der Waals surface area contributed by atoms with Gasteiger partial charge in [0.25, 0.3) is 0 Å². The summed E-state index contributed by atoms with van der Waals surface area (Å²) in [4.78, 5) is 0. The standard InChI is InChI=1S/C23H28F2/c1-2-3-4-5-17-6-8-18(9-7-17)19-10-12-20(13-11-19)21-14-22(24)16-23(25)15-21/h10-18H,2-9H2,1H3. The quantitative estimate of drug-likeness (QED) is 0.477. The van der Waals surface area contributed by atoms with Crippen molar-refractivity contribution in [2.45, 2.75) is 64.2 Å². The van der Waals surface area contributed by atoms with E-state index in [1.54, 1.807) is 0 Å². The molecule has 0 spiro atoms. The first-order chi connectivity index (χ1) is 12.2. The van der Waals surface area contributed by atoms with Crippen LogP contribution in [0.5, 0.6) is 0 Å².